The second-order valence-electron chi connectivity index (χ2n) is 6.54. The molecular formula is C21H18ClFN2OS. The minimum absolute atomic E-state index is 0.0765. The number of benzene rings is 2. The third kappa shape index (κ3) is 3.80. The van der Waals surface area contributed by atoms with Crippen molar-refractivity contribution in [3.63, 3.8) is 0 Å². The Balaban J connectivity index is 1.73. The van der Waals surface area contributed by atoms with Gasteiger partial charge in [0.15, 0.2) is 5.16 Å². The molecule has 0 bridgehead atoms. The Bertz CT molecular complexity index is 1020. The van der Waals surface area contributed by atoms with Crippen molar-refractivity contribution in [3.05, 3.63) is 92.1 Å². The summed E-state index contributed by atoms with van der Waals surface area (Å²) in [6.45, 7) is 0.0851. The van der Waals surface area contributed by atoms with Crippen molar-refractivity contribution in [1.82, 2.24) is 9.55 Å². The minimum Gasteiger partial charge on any atom is -0.283 e. The molecule has 0 saturated carbocycles. The molecule has 138 valence electrons. The van der Waals surface area contributed by atoms with Gasteiger partial charge in [-0.15, -0.1) is 0 Å². The third-order valence-corrected chi connectivity index (χ3v) is 6.14. The Morgan fingerprint density at radius 1 is 1.11 bits per heavy atom. The van der Waals surface area contributed by atoms with E-state index >= 15 is 0 Å². The van der Waals surface area contributed by atoms with Crippen LogP contribution in [0.2, 0.25) is 5.02 Å². The third-order valence-electron chi connectivity index (χ3n) is 4.74. The lowest BCUT2D eigenvalue weighted by Gasteiger charge is -2.15. The van der Waals surface area contributed by atoms with Gasteiger partial charge in [0.1, 0.15) is 5.82 Å². The molecule has 0 atom stereocenters. The molecule has 0 amide bonds. The zero-order valence-electron chi connectivity index (χ0n) is 14.6. The van der Waals surface area contributed by atoms with E-state index in [4.69, 9.17) is 16.6 Å². The van der Waals surface area contributed by atoms with Gasteiger partial charge < -0.3 is 0 Å². The highest BCUT2D eigenvalue weighted by atomic mass is 35.5. The summed E-state index contributed by atoms with van der Waals surface area (Å²) in [5.74, 6) is 0.283. The van der Waals surface area contributed by atoms with E-state index in [-0.39, 0.29) is 12.1 Å². The molecule has 27 heavy (non-hydrogen) atoms. The van der Waals surface area contributed by atoms with Crippen LogP contribution in [0.1, 0.15) is 28.8 Å². The molecular weight excluding hydrogens is 383 g/mol. The summed E-state index contributed by atoms with van der Waals surface area (Å²) in [6, 6.07) is 14.6. The smallest absolute Gasteiger partial charge is 0.257 e. The molecule has 0 fully saturated rings. The fourth-order valence-corrected chi connectivity index (χ4v) is 4.51. The number of thioether (sulfide) groups is 1. The van der Waals surface area contributed by atoms with Crippen molar-refractivity contribution in [2.75, 3.05) is 0 Å². The molecule has 4 rings (SSSR count). The second kappa shape index (κ2) is 7.87. The van der Waals surface area contributed by atoms with Gasteiger partial charge in [-0.1, -0.05) is 59.8 Å². The van der Waals surface area contributed by atoms with E-state index in [1.807, 2.05) is 30.3 Å². The standard InChI is InChI=1S/C21H18ClFN2OS/c22-17-9-5-10-18(23)16(17)12-25-20(26)15-8-4-11-19(15)24-21(25)27-13-14-6-2-1-3-7-14/h1-3,5-7,9-10H,4,8,11-13H2. The van der Waals surface area contributed by atoms with E-state index in [0.717, 1.165) is 36.1 Å². The molecule has 0 spiro atoms. The Kier molecular flexibility index (Phi) is 5.32. The lowest BCUT2D eigenvalue weighted by Crippen LogP contribution is -2.27. The lowest BCUT2D eigenvalue weighted by atomic mass is 10.2. The SMILES string of the molecule is O=c1c2c(nc(SCc3ccccc3)n1Cc1c(F)cccc1Cl)CCC2. The number of aromatic nitrogens is 2. The molecule has 0 radical (unpaired) electrons. The molecule has 1 aromatic heterocycles. The van der Waals surface area contributed by atoms with Crippen LogP contribution < -0.4 is 5.56 Å². The summed E-state index contributed by atoms with van der Waals surface area (Å²) in [5, 5.41) is 0.935. The maximum Gasteiger partial charge on any atom is 0.257 e. The van der Waals surface area contributed by atoms with Gasteiger partial charge >= 0.3 is 0 Å². The summed E-state index contributed by atoms with van der Waals surface area (Å²) < 4.78 is 15.9. The van der Waals surface area contributed by atoms with Crippen LogP contribution >= 0.6 is 23.4 Å². The van der Waals surface area contributed by atoms with Crippen LogP contribution in [0.3, 0.4) is 0 Å². The Labute approximate surface area is 166 Å². The van der Waals surface area contributed by atoms with Gasteiger partial charge in [-0.2, -0.15) is 0 Å². The number of nitrogens with zero attached hydrogens (tertiary/aromatic N) is 2. The van der Waals surface area contributed by atoms with Crippen molar-refractivity contribution in [3.8, 4) is 0 Å². The van der Waals surface area contributed by atoms with Crippen molar-refractivity contribution in [2.24, 2.45) is 0 Å². The first-order valence-electron chi connectivity index (χ1n) is 8.85. The van der Waals surface area contributed by atoms with Crippen LogP contribution in [0.25, 0.3) is 0 Å². The van der Waals surface area contributed by atoms with Gasteiger partial charge in [-0.05, 0) is 37.0 Å². The Hall–Kier alpha value is -2.11. The lowest BCUT2D eigenvalue weighted by molar-refractivity contribution is 0.572. The molecule has 2 aromatic carbocycles. The molecule has 1 aliphatic carbocycles. The van der Waals surface area contributed by atoms with E-state index in [0.29, 0.717) is 21.5 Å². The normalized spacial score (nSPS) is 13.0. The predicted molar refractivity (Wildman–Crippen MR) is 107 cm³/mol. The van der Waals surface area contributed by atoms with E-state index in [9.17, 15) is 9.18 Å². The van der Waals surface area contributed by atoms with Crippen molar-refractivity contribution >= 4 is 23.4 Å². The van der Waals surface area contributed by atoms with Crippen molar-refractivity contribution in [2.45, 2.75) is 36.7 Å². The quantitative estimate of drug-likeness (QED) is 0.453. The number of hydrogen-bond donors (Lipinski definition) is 0. The number of fused-ring (bicyclic) bond motifs is 1. The van der Waals surface area contributed by atoms with Crippen LogP contribution in [0, 0.1) is 5.82 Å². The molecule has 1 heterocycles. The maximum absolute atomic E-state index is 14.3. The summed E-state index contributed by atoms with van der Waals surface area (Å²) in [7, 11) is 0. The van der Waals surface area contributed by atoms with Crippen LogP contribution in [-0.4, -0.2) is 9.55 Å². The maximum atomic E-state index is 14.3. The first-order valence-corrected chi connectivity index (χ1v) is 10.2. The molecule has 0 aliphatic heterocycles. The van der Waals surface area contributed by atoms with Crippen LogP contribution in [0.5, 0.6) is 0 Å². The average molecular weight is 401 g/mol. The Morgan fingerprint density at radius 2 is 1.93 bits per heavy atom. The van der Waals surface area contributed by atoms with Gasteiger partial charge in [0.2, 0.25) is 0 Å². The highest BCUT2D eigenvalue weighted by Crippen LogP contribution is 2.27. The number of aryl methyl sites for hydroxylation is 1. The fourth-order valence-electron chi connectivity index (χ4n) is 3.32. The monoisotopic (exact) mass is 400 g/mol. The highest BCUT2D eigenvalue weighted by Gasteiger charge is 2.22. The summed E-state index contributed by atoms with van der Waals surface area (Å²) in [5.41, 5.74) is 3.03. The first-order chi connectivity index (χ1) is 13.1. The van der Waals surface area contributed by atoms with Crippen molar-refractivity contribution < 1.29 is 4.39 Å². The van der Waals surface area contributed by atoms with E-state index in [2.05, 4.69) is 0 Å². The molecule has 0 N–H and O–H groups in total. The van der Waals surface area contributed by atoms with Gasteiger partial charge in [-0.3, -0.25) is 9.36 Å². The van der Waals surface area contributed by atoms with E-state index in [1.165, 1.54) is 17.8 Å². The number of rotatable bonds is 5. The first kappa shape index (κ1) is 18.3. The zero-order valence-corrected chi connectivity index (χ0v) is 16.2. The van der Waals surface area contributed by atoms with E-state index < -0.39 is 5.82 Å². The minimum atomic E-state index is -0.408. The molecule has 0 unspecified atom stereocenters. The molecule has 6 heteroatoms. The Morgan fingerprint density at radius 3 is 2.70 bits per heavy atom. The topological polar surface area (TPSA) is 34.9 Å². The summed E-state index contributed by atoms with van der Waals surface area (Å²) in [6.07, 6.45) is 2.49. The van der Waals surface area contributed by atoms with Crippen LogP contribution in [0.4, 0.5) is 4.39 Å². The average Bonchev–Trinajstić information content (AvgIpc) is 3.14. The second-order valence-corrected chi connectivity index (χ2v) is 7.89. The predicted octanol–water partition coefficient (Wildman–Crippen LogP) is 4.87. The molecule has 3 aromatic rings. The number of halogens is 2. The number of hydrogen-bond acceptors (Lipinski definition) is 3. The van der Waals surface area contributed by atoms with Gasteiger partial charge in [0, 0.05) is 21.9 Å². The van der Waals surface area contributed by atoms with Crippen LogP contribution in [-0.2, 0) is 25.1 Å². The van der Waals surface area contributed by atoms with E-state index in [1.54, 1.807) is 16.7 Å². The summed E-state index contributed by atoms with van der Waals surface area (Å²) in [4.78, 5) is 17.8. The van der Waals surface area contributed by atoms with Gasteiger partial charge in [-0.25, -0.2) is 9.37 Å². The molecule has 3 nitrogen and oxygen atoms in total. The van der Waals surface area contributed by atoms with Crippen molar-refractivity contribution in [1.29, 1.82) is 0 Å². The molecule has 1 aliphatic rings. The fraction of sp³-hybridized carbons (Fsp3) is 0.238. The largest absolute Gasteiger partial charge is 0.283 e. The molecule has 0 saturated heterocycles. The summed E-state index contributed by atoms with van der Waals surface area (Å²) >= 11 is 7.69. The zero-order chi connectivity index (χ0) is 18.8. The highest BCUT2D eigenvalue weighted by molar-refractivity contribution is 7.98. The van der Waals surface area contributed by atoms with Crippen LogP contribution in [0.15, 0.2) is 58.5 Å². The van der Waals surface area contributed by atoms with Gasteiger partial charge in [0.05, 0.1) is 12.2 Å². The van der Waals surface area contributed by atoms with Gasteiger partial charge in [0.25, 0.3) is 5.56 Å².